The minimum atomic E-state index is -0.658. The lowest BCUT2D eigenvalue weighted by molar-refractivity contribution is 0.00316. The maximum atomic E-state index is 12.5. The number of rotatable bonds is 5. The molecule has 3 rings (SSSR count). The Morgan fingerprint density at radius 1 is 1.33 bits per heavy atom. The number of fused-ring (bicyclic) bond motifs is 1. The summed E-state index contributed by atoms with van der Waals surface area (Å²) < 4.78 is 6.63. The highest BCUT2D eigenvalue weighted by atomic mass is 35.5. The van der Waals surface area contributed by atoms with E-state index in [2.05, 4.69) is 10.3 Å². The molecule has 124 valence electrons. The van der Waals surface area contributed by atoms with Crippen LogP contribution in [0.1, 0.15) is 22.8 Å². The van der Waals surface area contributed by atoms with E-state index < -0.39 is 5.60 Å². The van der Waals surface area contributed by atoms with Gasteiger partial charge in [-0.15, -0.1) is 11.3 Å². The van der Waals surface area contributed by atoms with Crippen LogP contribution in [0, 0.1) is 0 Å². The number of aromatic nitrogens is 1. The van der Waals surface area contributed by atoms with Crippen molar-refractivity contribution in [2.75, 3.05) is 13.7 Å². The third kappa shape index (κ3) is 3.43. The number of amides is 1. The third-order valence-corrected chi connectivity index (χ3v) is 5.09. The standard InChI is InChI=1S/C18H17ClN2O2S/c1-18(23-2,13-4-3-5-14(19)9-13)10-20-17(22)12-6-7-15-16(8-12)24-11-21-15/h3-9,11H,10H2,1-2H3,(H,20,22). The quantitative estimate of drug-likeness (QED) is 0.740. The molecule has 0 aliphatic rings. The van der Waals surface area contributed by atoms with Crippen molar-refractivity contribution in [1.82, 2.24) is 10.3 Å². The zero-order valence-electron chi connectivity index (χ0n) is 13.4. The molecule has 4 nitrogen and oxygen atoms in total. The van der Waals surface area contributed by atoms with Gasteiger partial charge in [-0.1, -0.05) is 23.7 Å². The number of benzene rings is 2. The lowest BCUT2D eigenvalue weighted by Crippen LogP contribution is -2.40. The molecular weight excluding hydrogens is 344 g/mol. The van der Waals surface area contributed by atoms with Gasteiger partial charge >= 0.3 is 0 Å². The fourth-order valence-electron chi connectivity index (χ4n) is 2.46. The number of thiazole rings is 1. The summed E-state index contributed by atoms with van der Waals surface area (Å²) in [6.45, 7) is 2.26. The second kappa shape index (κ2) is 6.89. The number of nitrogens with one attached hydrogen (secondary N) is 1. The van der Waals surface area contributed by atoms with Crippen molar-refractivity contribution in [2.45, 2.75) is 12.5 Å². The van der Waals surface area contributed by atoms with Gasteiger partial charge in [-0.05, 0) is 42.8 Å². The van der Waals surface area contributed by atoms with Crippen molar-refractivity contribution in [3.05, 3.63) is 64.1 Å². The number of ether oxygens (including phenoxy) is 1. The van der Waals surface area contributed by atoms with Crippen LogP contribution >= 0.6 is 22.9 Å². The molecule has 3 aromatic rings. The van der Waals surface area contributed by atoms with Gasteiger partial charge in [0.25, 0.3) is 5.91 Å². The third-order valence-electron chi connectivity index (χ3n) is 4.07. The van der Waals surface area contributed by atoms with Crippen LogP contribution in [0.2, 0.25) is 5.02 Å². The van der Waals surface area contributed by atoms with Crippen LogP contribution in [0.15, 0.2) is 48.0 Å². The average molecular weight is 361 g/mol. The van der Waals surface area contributed by atoms with E-state index in [-0.39, 0.29) is 5.91 Å². The molecule has 0 aliphatic carbocycles. The molecule has 2 aromatic carbocycles. The van der Waals surface area contributed by atoms with E-state index >= 15 is 0 Å². The molecule has 0 fully saturated rings. The number of hydrogen-bond acceptors (Lipinski definition) is 4. The molecule has 0 spiro atoms. The van der Waals surface area contributed by atoms with Gasteiger partial charge in [0.1, 0.15) is 5.60 Å². The summed E-state index contributed by atoms with van der Waals surface area (Å²) in [7, 11) is 1.62. The largest absolute Gasteiger partial charge is 0.372 e. The van der Waals surface area contributed by atoms with Gasteiger partial charge in [-0.3, -0.25) is 4.79 Å². The van der Waals surface area contributed by atoms with E-state index in [1.807, 2.05) is 43.3 Å². The second-order valence-electron chi connectivity index (χ2n) is 5.66. The molecule has 0 aliphatic heterocycles. The highest BCUT2D eigenvalue weighted by Gasteiger charge is 2.27. The Morgan fingerprint density at radius 2 is 2.17 bits per heavy atom. The molecule has 1 heterocycles. The molecule has 0 saturated carbocycles. The van der Waals surface area contributed by atoms with Crippen molar-refractivity contribution in [3.63, 3.8) is 0 Å². The zero-order valence-corrected chi connectivity index (χ0v) is 14.9. The first kappa shape index (κ1) is 16.9. The van der Waals surface area contributed by atoms with Crippen molar-refractivity contribution < 1.29 is 9.53 Å². The Morgan fingerprint density at radius 3 is 2.92 bits per heavy atom. The molecule has 0 radical (unpaired) electrons. The summed E-state index contributed by atoms with van der Waals surface area (Å²) in [4.78, 5) is 16.7. The van der Waals surface area contributed by atoms with Gasteiger partial charge < -0.3 is 10.1 Å². The molecular formula is C18H17ClN2O2S. The molecule has 1 unspecified atom stereocenters. The van der Waals surface area contributed by atoms with E-state index in [0.717, 1.165) is 15.8 Å². The summed E-state index contributed by atoms with van der Waals surface area (Å²) in [5.74, 6) is -0.143. The van der Waals surface area contributed by atoms with Gasteiger partial charge in [0.05, 0.1) is 22.3 Å². The Bertz CT molecular complexity index is 880. The van der Waals surface area contributed by atoms with Crippen LogP contribution in [-0.4, -0.2) is 24.5 Å². The van der Waals surface area contributed by atoms with Gasteiger partial charge in [-0.2, -0.15) is 0 Å². The maximum absolute atomic E-state index is 12.5. The topological polar surface area (TPSA) is 51.2 Å². The summed E-state index contributed by atoms with van der Waals surface area (Å²) >= 11 is 7.58. The van der Waals surface area contributed by atoms with Crippen LogP contribution in [0.25, 0.3) is 10.2 Å². The number of carbonyl (C=O) groups is 1. The zero-order chi connectivity index (χ0) is 17.2. The van der Waals surface area contributed by atoms with Gasteiger partial charge in [0.15, 0.2) is 0 Å². The van der Waals surface area contributed by atoms with E-state index in [4.69, 9.17) is 16.3 Å². The van der Waals surface area contributed by atoms with Crippen LogP contribution < -0.4 is 5.32 Å². The lowest BCUT2D eigenvalue weighted by Gasteiger charge is -2.29. The predicted molar refractivity (Wildman–Crippen MR) is 97.8 cm³/mol. The molecule has 24 heavy (non-hydrogen) atoms. The summed E-state index contributed by atoms with van der Waals surface area (Å²) in [5, 5.41) is 3.58. The van der Waals surface area contributed by atoms with Gasteiger partial charge in [0.2, 0.25) is 0 Å². The van der Waals surface area contributed by atoms with E-state index in [9.17, 15) is 4.79 Å². The Balaban J connectivity index is 1.76. The molecule has 0 saturated heterocycles. The van der Waals surface area contributed by atoms with Crippen LogP contribution in [0.5, 0.6) is 0 Å². The fourth-order valence-corrected chi connectivity index (χ4v) is 3.36. The Kier molecular flexibility index (Phi) is 4.85. The molecule has 0 bridgehead atoms. The highest BCUT2D eigenvalue weighted by molar-refractivity contribution is 7.16. The van der Waals surface area contributed by atoms with E-state index in [0.29, 0.717) is 17.1 Å². The average Bonchev–Trinajstić information content (AvgIpc) is 3.07. The number of nitrogens with zero attached hydrogens (tertiary/aromatic N) is 1. The first-order valence-electron chi connectivity index (χ1n) is 7.44. The summed E-state index contributed by atoms with van der Waals surface area (Å²) in [6.07, 6.45) is 0. The maximum Gasteiger partial charge on any atom is 0.251 e. The highest BCUT2D eigenvalue weighted by Crippen LogP contribution is 2.26. The van der Waals surface area contributed by atoms with Crippen molar-refractivity contribution in [1.29, 1.82) is 0 Å². The molecule has 6 heteroatoms. The first-order chi connectivity index (χ1) is 11.5. The first-order valence-corrected chi connectivity index (χ1v) is 8.70. The monoisotopic (exact) mass is 360 g/mol. The molecule has 1 atom stereocenters. The normalized spacial score (nSPS) is 13.6. The Hall–Kier alpha value is -1.95. The van der Waals surface area contributed by atoms with E-state index in [1.165, 1.54) is 11.3 Å². The second-order valence-corrected chi connectivity index (χ2v) is 6.99. The fraction of sp³-hybridized carbons (Fsp3) is 0.222. The SMILES string of the molecule is COC(C)(CNC(=O)c1ccc2ncsc2c1)c1cccc(Cl)c1. The number of methoxy groups -OCH3 is 1. The smallest absolute Gasteiger partial charge is 0.251 e. The Labute approximate surface area is 149 Å². The minimum Gasteiger partial charge on any atom is -0.372 e. The molecule has 1 N–H and O–H groups in total. The van der Waals surface area contributed by atoms with Crippen molar-refractivity contribution in [2.24, 2.45) is 0 Å². The lowest BCUT2D eigenvalue weighted by atomic mass is 9.95. The number of carbonyl (C=O) groups excluding carboxylic acids is 1. The van der Waals surface area contributed by atoms with Crippen LogP contribution in [0.4, 0.5) is 0 Å². The minimum absolute atomic E-state index is 0.143. The number of hydrogen-bond donors (Lipinski definition) is 1. The molecule has 1 aromatic heterocycles. The van der Waals surface area contributed by atoms with E-state index in [1.54, 1.807) is 18.7 Å². The van der Waals surface area contributed by atoms with Crippen molar-refractivity contribution >= 4 is 39.1 Å². The van der Waals surface area contributed by atoms with Crippen LogP contribution in [-0.2, 0) is 10.3 Å². The number of halogens is 1. The van der Waals surface area contributed by atoms with Gasteiger partial charge in [-0.25, -0.2) is 4.98 Å². The van der Waals surface area contributed by atoms with Crippen molar-refractivity contribution in [3.8, 4) is 0 Å². The summed E-state index contributed by atoms with van der Waals surface area (Å²) in [6, 6.07) is 12.9. The molecule has 1 amide bonds. The van der Waals surface area contributed by atoms with Crippen LogP contribution in [0.3, 0.4) is 0 Å². The predicted octanol–water partition coefficient (Wildman–Crippen LogP) is 4.24. The van der Waals surface area contributed by atoms with Gasteiger partial charge in [0, 0.05) is 17.7 Å². The summed E-state index contributed by atoms with van der Waals surface area (Å²) in [5.41, 5.74) is 3.53.